The Labute approximate surface area is 105 Å². The third-order valence-corrected chi connectivity index (χ3v) is 3.94. The first-order chi connectivity index (χ1) is 7.54. The van der Waals surface area contributed by atoms with Crippen molar-refractivity contribution < 1.29 is 4.74 Å². The number of aromatic nitrogens is 1. The summed E-state index contributed by atoms with van der Waals surface area (Å²) in [5, 5.41) is 3.45. The fraction of sp³-hybridized carbons (Fsp3) is 0.583. The molecule has 1 N–H and O–H groups in total. The molecule has 0 aliphatic heterocycles. The zero-order valence-corrected chi connectivity index (χ0v) is 11.4. The number of halogens is 1. The van der Waals surface area contributed by atoms with E-state index in [1.165, 1.54) is 0 Å². The number of rotatable bonds is 3. The second-order valence-corrected chi connectivity index (χ2v) is 5.64. The van der Waals surface area contributed by atoms with Crippen LogP contribution in [0.25, 0.3) is 0 Å². The maximum atomic E-state index is 5.42. The molecule has 1 aliphatic rings. The van der Waals surface area contributed by atoms with Gasteiger partial charge in [-0.3, -0.25) is 0 Å². The van der Waals surface area contributed by atoms with Crippen molar-refractivity contribution in [1.82, 2.24) is 4.98 Å². The zero-order chi connectivity index (χ0) is 11.8. The van der Waals surface area contributed by atoms with Crippen molar-refractivity contribution >= 4 is 21.7 Å². The summed E-state index contributed by atoms with van der Waals surface area (Å²) in [6, 6.07) is 6.33. The molecular formula is C12H17BrN2O. The second-order valence-electron chi connectivity index (χ2n) is 4.82. The van der Waals surface area contributed by atoms with Crippen molar-refractivity contribution in [3.8, 4) is 0 Å². The van der Waals surface area contributed by atoms with Crippen LogP contribution in [0.3, 0.4) is 0 Å². The highest BCUT2D eigenvalue weighted by molar-refractivity contribution is 9.10. The van der Waals surface area contributed by atoms with Gasteiger partial charge in [-0.2, -0.15) is 0 Å². The van der Waals surface area contributed by atoms with E-state index in [0.29, 0.717) is 12.1 Å². The Morgan fingerprint density at radius 3 is 2.81 bits per heavy atom. The molecular weight excluding hydrogens is 268 g/mol. The van der Waals surface area contributed by atoms with Gasteiger partial charge in [-0.15, -0.1) is 0 Å². The number of methoxy groups -OCH3 is 1. The van der Waals surface area contributed by atoms with Crippen LogP contribution in [0.15, 0.2) is 22.8 Å². The molecule has 1 fully saturated rings. The molecule has 0 bridgehead atoms. The van der Waals surface area contributed by atoms with E-state index in [0.717, 1.165) is 16.8 Å². The van der Waals surface area contributed by atoms with Gasteiger partial charge in [0.2, 0.25) is 0 Å². The minimum absolute atomic E-state index is 0.165. The molecule has 1 aliphatic carbocycles. The van der Waals surface area contributed by atoms with Crippen molar-refractivity contribution in [3.05, 3.63) is 22.8 Å². The third-order valence-electron chi connectivity index (χ3n) is 3.50. The highest BCUT2D eigenvalue weighted by atomic mass is 79.9. The van der Waals surface area contributed by atoms with Gasteiger partial charge in [0.15, 0.2) is 0 Å². The lowest BCUT2D eigenvalue weighted by molar-refractivity contribution is -0.0795. The van der Waals surface area contributed by atoms with E-state index in [1.807, 2.05) is 18.2 Å². The summed E-state index contributed by atoms with van der Waals surface area (Å²) in [5.74, 6) is 0.919. The number of nitrogens with zero attached hydrogens (tertiary/aromatic N) is 1. The van der Waals surface area contributed by atoms with Gasteiger partial charge in [-0.1, -0.05) is 19.9 Å². The van der Waals surface area contributed by atoms with Crippen LogP contribution in [0, 0.1) is 5.41 Å². The van der Waals surface area contributed by atoms with E-state index in [-0.39, 0.29) is 5.41 Å². The second kappa shape index (κ2) is 4.34. The minimum atomic E-state index is 0.165. The van der Waals surface area contributed by atoms with Gasteiger partial charge in [-0.05, 0) is 34.5 Å². The average molecular weight is 285 g/mol. The molecule has 1 saturated carbocycles. The van der Waals surface area contributed by atoms with Crippen LogP contribution in [0.2, 0.25) is 0 Å². The molecule has 1 aromatic rings. The molecule has 0 spiro atoms. The van der Waals surface area contributed by atoms with Gasteiger partial charge in [0.1, 0.15) is 10.4 Å². The molecule has 2 rings (SSSR count). The Morgan fingerprint density at radius 2 is 2.25 bits per heavy atom. The van der Waals surface area contributed by atoms with E-state index in [2.05, 4.69) is 40.1 Å². The number of pyridine rings is 1. The zero-order valence-electron chi connectivity index (χ0n) is 9.83. The van der Waals surface area contributed by atoms with Crippen molar-refractivity contribution in [3.63, 3.8) is 0 Å². The van der Waals surface area contributed by atoms with Crippen LogP contribution in [0.4, 0.5) is 5.82 Å². The Bertz CT molecular complexity index is 381. The standard InChI is InChI=1S/C12H17BrN2O/c1-12(2)8(7-9(12)16-3)14-11-6-4-5-10(13)15-11/h4-6,8-9H,7H2,1-3H3,(H,14,15). The first-order valence-corrected chi connectivity index (χ1v) is 6.25. The lowest BCUT2D eigenvalue weighted by Gasteiger charge is -2.51. The number of ether oxygens (including phenoxy) is 1. The van der Waals surface area contributed by atoms with Gasteiger partial charge < -0.3 is 10.1 Å². The lowest BCUT2D eigenvalue weighted by Crippen LogP contribution is -2.57. The predicted octanol–water partition coefficient (Wildman–Crippen LogP) is 3.07. The largest absolute Gasteiger partial charge is 0.381 e. The van der Waals surface area contributed by atoms with Crippen molar-refractivity contribution in [2.75, 3.05) is 12.4 Å². The maximum absolute atomic E-state index is 5.42. The van der Waals surface area contributed by atoms with E-state index in [9.17, 15) is 0 Å². The molecule has 0 radical (unpaired) electrons. The van der Waals surface area contributed by atoms with E-state index >= 15 is 0 Å². The number of hydrogen-bond acceptors (Lipinski definition) is 3. The Kier molecular flexibility index (Phi) is 3.22. The molecule has 4 heteroatoms. The van der Waals surface area contributed by atoms with Crippen molar-refractivity contribution in [1.29, 1.82) is 0 Å². The Morgan fingerprint density at radius 1 is 1.50 bits per heavy atom. The highest BCUT2D eigenvalue weighted by Gasteiger charge is 2.48. The van der Waals surface area contributed by atoms with E-state index < -0.39 is 0 Å². The number of hydrogen-bond donors (Lipinski definition) is 1. The third kappa shape index (κ3) is 2.09. The van der Waals surface area contributed by atoms with Crippen LogP contribution in [0.1, 0.15) is 20.3 Å². The Balaban J connectivity index is 2.02. The van der Waals surface area contributed by atoms with Crippen LogP contribution in [-0.4, -0.2) is 24.2 Å². The molecule has 3 nitrogen and oxygen atoms in total. The topological polar surface area (TPSA) is 34.1 Å². The summed E-state index contributed by atoms with van der Waals surface area (Å²) in [7, 11) is 1.78. The van der Waals surface area contributed by atoms with Crippen molar-refractivity contribution in [2.24, 2.45) is 5.41 Å². The SMILES string of the molecule is COC1CC(Nc2cccc(Br)n2)C1(C)C. The fourth-order valence-corrected chi connectivity index (χ4v) is 2.54. The molecule has 0 aromatic carbocycles. The van der Waals surface area contributed by atoms with Gasteiger partial charge in [0.25, 0.3) is 0 Å². The normalized spacial score (nSPS) is 27.2. The van der Waals surface area contributed by atoms with Crippen LogP contribution in [-0.2, 0) is 4.74 Å². The van der Waals surface area contributed by atoms with Crippen molar-refractivity contribution in [2.45, 2.75) is 32.4 Å². The minimum Gasteiger partial charge on any atom is -0.381 e. The average Bonchev–Trinajstić information content (AvgIpc) is 2.23. The summed E-state index contributed by atoms with van der Waals surface area (Å²) in [4.78, 5) is 4.38. The summed E-state index contributed by atoms with van der Waals surface area (Å²) in [5.41, 5.74) is 0.165. The summed E-state index contributed by atoms with van der Waals surface area (Å²) in [6.07, 6.45) is 1.38. The predicted molar refractivity (Wildman–Crippen MR) is 68.5 cm³/mol. The number of anilines is 1. The first kappa shape index (κ1) is 11.9. The summed E-state index contributed by atoms with van der Waals surface area (Å²) < 4.78 is 6.28. The lowest BCUT2D eigenvalue weighted by atomic mass is 9.64. The van der Waals surface area contributed by atoms with E-state index in [4.69, 9.17) is 4.74 Å². The molecule has 1 aromatic heterocycles. The van der Waals surface area contributed by atoms with E-state index in [1.54, 1.807) is 7.11 Å². The molecule has 0 saturated heterocycles. The van der Waals surface area contributed by atoms with Gasteiger partial charge in [-0.25, -0.2) is 4.98 Å². The van der Waals surface area contributed by atoms with Crippen LogP contribution in [0.5, 0.6) is 0 Å². The highest BCUT2D eigenvalue weighted by Crippen LogP contribution is 2.43. The molecule has 16 heavy (non-hydrogen) atoms. The molecule has 2 unspecified atom stereocenters. The summed E-state index contributed by atoms with van der Waals surface area (Å²) in [6.45, 7) is 4.45. The van der Waals surface area contributed by atoms with Gasteiger partial charge >= 0.3 is 0 Å². The van der Waals surface area contributed by atoms with Crippen LogP contribution >= 0.6 is 15.9 Å². The molecule has 1 heterocycles. The quantitative estimate of drug-likeness (QED) is 0.867. The smallest absolute Gasteiger partial charge is 0.127 e. The molecule has 88 valence electrons. The maximum Gasteiger partial charge on any atom is 0.127 e. The molecule has 2 atom stereocenters. The van der Waals surface area contributed by atoms with Gasteiger partial charge in [0, 0.05) is 18.6 Å². The monoisotopic (exact) mass is 284 g/mol. The number of nitrogens with one attached hydrogen (secondary N) is 1. The first-order valence-electron chi connectivity index (χ1n) is 5.46. The Hall–Kier alpha value is -0.610. The van der Waals surface area contributed by atoms with Gasteiger partial charge in [0.05, 0.1) is 6.10 Å². The molecule has 0 amide bonds. The van der Waals surface area contributed by atoms with Crippen LogP contribution < -0.4 is 5.32 Å². The fourth-order valence-electron chi connectivity index (χ4n) is 2.20. The summed E-state index contributed by atoms with van der Waals surface area (Å²) >= 11 is 3.37.